The summed E-state index contributed by atoms with van der Waals surface area (Å²) in [6, 6.07) is 17.8. The van der Waals surface area contributed by atoms with Gasteiger partial charge in [-0.15, -0.1) is 0 Å². The van der Waals surface area contributed by atoms with E-state index in [1.165, 1.54) is 4.90 Å². The van der Waals surface area contributed by atoms with E-state index in [0.717, 1.165) is 35.1 Å². The zero-order valence-corrected chi connectivity index (χ0v) is 62.5. The summed E-state index contributed by atoms with van der Waals surface area (Å²) in [4.78, 5) is 136. The van der Waals surface area contributed by atoms with Crippen LogP contribution in [0.25, 0.3) is 0 Å². The first-order valence-electron chi connectivity index (χ1n) is 37.9. The second kappa shape index (κ2) is 38.4. The molecule has 28 nitrogen and oxygen atoms in total. The fourth-order valence-electron chi connectivity index (χ4n) is 16.5. The minimum atomic E-state index is -1.39. The highest BCUT2D eigenvalue weighted by Gasteiger charge is 2.76. The van der Waals surface area contributed by atoms with E-state index in [-0.39, 0.29) is 145 Å². The first-order valence-corrected chi connectivity index (χ1v) is 37.9. The Labute approximate surface area is 630 Å². The van der Waals surface area contributed by atoms with Crippen molar-refractivity contribution in [3.05, 3.63) is 119 Å². The van der Waals surface area contributed by atoms with E-state index in [9.17, 15) is 53.1 Å². The maximum absolute atomic E-state index is 14.8. The number of urea groups is 1. The molecule has 4 aliphatic carbocycles. The number of likely N-dealkylation sites (tertiary alicyclic amines) is 1. The Bertz CT molecular complexity index is 3840. The Morgan fingerprint density at radius 2 is 1.48 bits per heavy atom. The molecule has 3 aromatic carbocycles. The predicted molar refractivity (Wildman–Crippen MR) is 395 cm³/mol. The van der Waals surface area contributed by atoms with E-state index < -0.39 is 88.8 Å². The van der Waals surface area contributed by atoms with Crippen LogP contribution in [-0.2, 0) is 89.4 Å². The number of piperidine rings is 1. The van der Waals surface area contributed by atoms with Crippen molar-refractivity contribution in [2.45, 2.75) is 173 Å². The normalized spacial score (nSPS) is 25.0. The van der Waals surface area contributed by atoms with Gasteiger partial charge in [0.25, 0.3) is 0 Å². The molecule has 9 amide bonds. The smallest absolute Gasteiger partial charge is 0.408 e. The number of fused-ring (bicyclic) bond motifs is 9. The summed E-state index contributed by atoms with van der Waals surface area (Å²) in [6.07, 6.45) is 7.45. The van der Waals surface area contributed by atoms with E-state index in [0.29, 0.717) is 88.4 Å². The van der Waals surface area contributed by atoms with Gasteiger partial charge in [-0.1, -0.05) is 107 Å². The molecule has 3 aromatic rings. The largest absolute Gasteiger partial charge is 0.445 e. The Morgan fingerprint density at radius 3 is 2.21 bits per heavy atom. The number of allylic oxidation sites excluding steroid dienone is 4. The third-order valence-electron chi connectivity index (χ3n) is 21.9. The quantitative estimate of drug-likeness (QED) is 0.0243. The molecule has 2 saturated heterocycles. The summed E-state index contributed by atoms with van der Waals surface area (Å²) in [7, 11) is 0. The van der Waals surface area contributed by atoms with Crippen molar-refractivity contribution in [2.24, 2.45) is 40.2 Å². The van der Waals surface area contributed by atoms with Crippen molar-refractivity contribution in [1.82, 2.24) is 31.5 Å². The fourth-order valence-corrected chi connectivity index (χ4v) is 16.5. The third-order valence-corrected chi connectivity index (χ3v) is 21.9. The molecule has 0 radical (unpaired) electrons. The number of aliphatic hydroxyl groups is 1. The average molecular weight is 1500 g/mol. The maximum Gasteiger partial charge on any atom is 0.408 e. The lowest BCUT2D eigenvalue weighted by molar-refractivity contribution is -0.202. The third kappa shape index (κ3) is 20.3. The molecule has 5 fully saturated rings. The summed E-state index contributed by atoms with van der Waals surface area (Å²) in [5.74, 6) is 3.06. The molecule has 2 unspecified atom stereocenters. The van der Waals surface area contributed by atoms with Gasteiger partial charge in [0, 0.05) is 72.5 Å². The van der Waals surface area contributed by atoms with Gasteiger partial charge in [-0.2, -0.15) is 0 Å². The SMILES string of the molecule is CCCC1O[C@@H]2C[C@H]3[C@@H]4CCC5=CC(=O)C=C[C@]5(C)[C@H]4[C@@H](O)C[C@]3(C)[C@]2(C(=O)COCN2CCCC(NC(=O)OCc3ccc(NC(=O)[C@H](CCCNC(N)=O)NC(=O)[C@@H](NC(=O)CCOCCOCCOCCOCCNC(=O)CCC(=O)N4Cc5ccccc5C#Cc5ccccc54)C(C)C)cc3)C2=O)O1. The number of amides is 9. The number of para-hydroxylation sites is 1. The van der Waals surface area contributed by atoms with Crippen LogP contribution in [0.1, 0.15) is 140 Å². The minimum absolute atomic E-state index is 0.0123. The van der Waals surface area contributed by atoms with Crippen molar-refractivity contribution in [3.63, 3.8) is 0 Å². The van der Waals surface area contributed by atoms with Crippen molar-refractivity contribution >= 4 is 70.5 Å². The Kier molecular flexibility index (Phi) is 29.0. The second-order valence-corrected chi connectivity index (χ2v) is 29.5. The van der Waals surface area contributed by atoms with Crippen LogP contribution in [0.5, 0.6) is 0 Å². The van der Waals surface area contributed by atoms with Crippen molar-refractivity contribution in [1.29, 1.82) is 0 Å². The number of Topliss-reactive ketones (excluding diaryl/α,β-unsaturated/α-hetero) is 1. The van der Waals surface area contributed by atoms with Gasteiger partial charge in [-0.25, -0.2) is 9.59 Å². The predicted octanol–water partition coefficient (Wildman–Crippen LogP) is 5.93. The molecule has 3 saturated carbocycles. The standard InChI is InChI=1S/C80H105N9O19/c1-6-13-70-107-66-45-60-59-27-24-56-44-58(90)30-32-78(56,4)71(59)64(91)46-79(60,5)80(66,108-70)65(92)49-105-50-88-35-12-18-62(75(88)98)86-77(100)106-48-52-20-25-57(26-21-52)84-73(96)61(17-11-33-83-76(81)99)85-74(97)72(51(2)3)87-68(94)31-36-101-38-40-103-42-43-104-41-39-102-37-34-82-67(93)28-29-69(95)89-47-55-16-8-7-14-53(55)22-23-54-15-9-10-19-63(54)89/h7-10,14-16,19-21,25-26,30,32,44,51,59-62,64,66,70-72,91H,6,11-13,17-18,24,27-29,31,33-43,45-50H2,1-5H3,(H,82,93)(H,84,96)(H,85,97)(H,86,100)(H,87,94)(H3,81,83,99)/t59-,60-,61-,62?,64-,66+,70?,71+,72-,78-,79-,80+/m0/s1. The number of carbonyl (C=O) groups is 10. The summed E-state index contributed by atoms with van der Waals surface area (Å²) < 4.78 is 47.3. The van der Waals surface area contributed by atoms with Crippen LogP contribution in [0.4, 0.5) is 21.0 Å². The second-order valence-electron chi connectivity index (χ2n) is 29.5. The number of nitrogens with two attached hydrogens (primary N) is 1. The van der Waals surface area contributed by atoms with Crippen LogP contribution >= 0.6 is 0 Å². The van der Waals surface area contributed by atoms with Crippen molar-refractivity contribution in [3.8, 4) is 11.8 Å². The average Bonchev–Trinajstić information content (AvgIpc) is 1.49. The number of ether oxygens (including phenoxy) is 8. The number of hydrogen-bond acceptors (Lipinski definition) is 19. The summed E-state index contributed by atoms with van der Waals surface area (Å²) in [5.41, 5.74) is 7.79. The number of hydrogen-bond donors (Lipinski definition) is 8. The molecule has 0 bridgehead atoms. The van der Waals surface area contributed by atoms with Crippen molar-refractivity contribution in [2.75, 3.05) is 96.0 Å². The van der Waals surface area contributed by atoms with Gasteiger partial charge in [-0.3, -0.25) is 38.4 Å². The van der Waals surface area contributed by atoms with Crippen LogP contribution in [0, 0.1) is 46.3 Å². The molecule has 108 heavy (non-hydrogen) atoms. The lowest BCUT2D eigenvalue weighted by Crippen LogP contribution is -2.63. The number of carbonyl (C=O) groups excluding carboxylic acids is 10. The Hall–Kier alpha value is -8.92. The molecule has 7 aliphatic rings. The van der Waals surface area contributed by atoms with Gasteiger partial charge in [0.05, 0.1) is 77.3 Å². The highest BCUT2D eigenvalue weighted by atomic mass is 16.7. The molecule has 0 aromatic heterocycles. The molecule has 3 heterocycles. The number of anilines is 2. The van der Waals surface area contributed by atoms with E-state index >= 15 is 0 Å². The first kappa shape index (κ1) is 81.6. The lowest BCUT2D eigenvalue weighted by Gasteiger charge is -2.59. The van der Waals surface area contributed by atoms with Gasteiger partial charge >= 0.3 is 12.1 Å². The Balaban J connectivity index is 0.585. The van der Waals surface area contributed by atoms with Gasteiger partial charge in [0.15, 0.2) is 23.5 Å². The molecule has 10 rings (SSSR count). The number of alkyl carbamates (subject to hydrolysis) is 1. The van der Waals surface area contributed by atoms with E-state index in [4.69, 9.17) is 43.6 Å². The number of aliphatic hydroxyl groups excluding tert-OH is 1. The number of benzene rings is 3. The maximum atomic E-state index is 14.8. The molecule has 9 N–H and O–H groups in total. The summed E-state index contributed by atoms with van der Waals surface area (Å²) in [6.45, 7) is 11.9. The number of nitrogens with one attached hydrogen (secondary N) is 6. The highest BCUT2D eigenvalue weighted by Crippen LogP contribution is 2.70. The topological polar surface area (TPSA) is 369 Å². The van der Waals surface area contributed by atoms with Gasteiger partial charge in [-0.05, 0) is 129 Å². The number of nitrogens with zero attached hydrogens (tertiary/aromatic N) is 2. The van der Waals surface area contributed by atoms with Gasteiger partial charge in [0.2, 0.25) is 35.4 Å². The fraction of sp³-hybridized carbons (Fsp3) is 0.575. The number of rotatable bonds is 38. The molecular formula is C80H105N9O19. The molecule has 28 heteroatoms. The first-order chi connectivity index (χ1) is 52.0. The van der Waals surface area contributed by atoms with Gasteiger partial charge < -0.3 is 90.4 Å². The van der Waals surface area contributed by atoms with Crippen LogP contribution in [0.15, 0.2) is 96.6 Å². The van der Waals surface area contributed by atoms with Crippen molar-refractivity contribution < 1.29 is 90.9 Å². The molecule has 12 atom stereocenters. The van der Waals surface area contributed by atoms with Gasteiger partial charge in [0.1, 0.15) is 38.1 Å². The molecular weight excluding hydrogens is 1390 g/mol. The van der Waals surface area contributed by atoms with Crippen LogP contribution in [-0.4, -0.2) is 197 Å². The molecule has 584 valence electrons. The minimum Gasteiger partial charge on any atom is -0.445 e. The zero-order chi connectivity index (χ0) is 77.0. The zero-order valence-electron chi connectivity index (χ0n) is 62.5. The van der Waals surface area contributed by atoms with Crippen LogP contribution < -0.4 is 42.5 Å². The Morgan fingerprint density at radius 1 is 0.778 bits per heavy atom. The number of ketones is 2. The van der Waals surface area contributed by atoms with E-state index in [1.807, 2.05) is 68.5 Å². The summed E-state index contributed by atoms with van der Waals surface area (Å²) >= 11 is 0. The molecule has 0 spiro atoms. The highest BCUT2D eigenvalue weighted by molar-refractivity contribution is 6.01. The van der Waals surface area contributed by atoms with Crippen LogP contribution in [0.2, 0.25) is 0 Å². The molecule has 3 aliphatic heterocycles. The van der Waals surface area contributed by atoms with E-state index in [2.05, 4.69) is 50.7 Å². The van der Waals surface area contributed by atoms with Crippen LogP contribution in [0.3, 0.4) is 0 Å². The lowest BCUT2D eigenvalue weighted by atomic mass is 9.46. The monoisotopic (exact) mass is 1500 g/mol. The number of primary amides is 1. The summed E-state index contributed by atoms with van der Waals surface area (Å²) in [5, 5.41) is 28.4. The van der Waals surface area contributed by atoms with E-state index in [1.54, 1.807) is 55.2 Å².